The van der Waals surface area contributed by atoms with Crippen LogP contribution in [0.25, 0.3) is 0 Å². The van der Waals surface area contributed by atoms with Crippen molar-refractivity contribution >= 4 is 0 Å². The molecule has 1 aliphatic rings. The zero-order valence-corrected chi connectivity index (χ0v) is 11.6. The van der Waals surface area contributed by atoms with Gasteiger partial charge < -0.3 is 10.1 Å². The van der Waals surface area contributed by atoms with E-state index in [0.29, 0.717) is 12.0 Å². The molecule has 0 spiro atoms. The third-order valence-electron chi connectivity index (χ3n) is 3.35. The van der Waals surface area contributed by atoms with Crippen molar-refractivity contribution in [1.29, 1.82) is 0 Å². The molecule has 0 aliphatic carbocycles. The van der Waals surface area contributed by atoms with Crippen LogP contribution in [0.15, 0.2) is 0 Å². The lowest BCUT2D eigenvalue weighted by Gasteiger charge is -2.22. The van der Waals surface area contributed by atoms with Crippen LogP contribution in [0.1, 0.15) is 44.3 Å². The van der Waals surface area contributed by atoms with Gasteiger partial charge in [0, 0.05) is 19.4 Å². The monoisotopic (exact) mass is 252 g/mol. The van der Waals surface area contributed by atoms with Crippen molar-refractivity contribution < 1.29 is 4.74 Å². The van der Waals surface area contributed by atoms with E-state index < -0.39 is 0 Å². The minimum absolute atomic E-state index is 0.385. The van der Waals surface area contributed by atoms with E-state index in [0.717, 1.165) is 50.6 Å². The Morgan fingerprint density at radius 2 is 2.11 bits per heavy atom. The van der Waals surface area contributed by atoms with Crippen molar-refractivity contribution in [3.63, 3.8) is 0 Å². The first kappa shape index (κ1) is 13.5. The number of rotatable bonds is 5. The number of ether oxygens (including phenoxy) is 1. The number of nitrogens with zero attached hydrogens (tertiary/aromatic N) is 3. The highest BCUT2D eigenvalue weighted by Gasteiger charge is 2.14. The molecule has 102 valence electrons. The summed E-state index contributed by atoms with van der Waals surface area (Å²) in [4.78, 5) is 4.55. The second kappa shape index (κ2) is 6.29. The Balaban J connectivity index is 1.78. The zero-order chi connectivity index (χ0) is 13.0. The van der Waals surface area contributed by atoms with Crippen LogP contribution in [-0.4, -0.2) is 40.6 Å². The predicted molar refractivity (Wildman–Crippen MR) is 70.6 cm³/mol. The fraction of sp³-hybridized carbons (Fsp3) is 0.846. The minimum atomic E-state index is 0.385. The summed E-state index contributed by atoms with van der Waals surface area (Å²) in [6.07, 6.45) is 3.51. The SMILES string of the molecule is CC(C)c1nc(CCOC2CCNCC2)n(C)n1. The van der Waals surface area contributed by atoms with E-state index in [1.807, 2.05) is 11.7 Å². The molecule has 0 amide bonds. The van der Waals surface area contributed by atoms with Crippen molar-refractivity contribution in [3.8, 4) is 0 Å². The normalized spacial score (nSPS) is 17.6. The van der Waals surface area contributed by atoms with Gasteiger partial charge in [0.15, 0.2) is 5.82 Å². The quantitative estimate of drug-likeness (QED) is 0.857. The smallest absolute Gasteiger partial charge is 0.153 e. The van der Waals surface area contributed by atoms with E-state index >= 15 is 0 Å². The summed E-state index contributed by atoms with van der Waals surface area (Å²) in [7, 11) is 1.96. The molecular formula is C13H24N4O. The molecule has 1 aliphatic heterocycles. The van der Waals surface area contributed by atoms with Gasteiger partial charge in [-0.25, -0.2) is 4.98 Å². The van der Waals surface area contributed by atoms with E-state index in [1.54, 1.807) is 0 Å². The van der Waals surface area contributed by atoms with Crippen LogP contribution in [0.5, 0.6) is 0 Å². The minimum Gasteiger partial charge on any atom is -0.378 e. The van der Waals surface area contributed by atoms with Gasteiger partial charge in [0.05, 0.1) is 12.7 Å². The standard InChI is InChI=1S/C13H24N4O/c1-10(2)13-15-12(17(3)16-13)6-9-18-11-4-7-14-8-5-11/h10-11,14H,4-9H2,1-3H3. The van der Waals surface area contributed by atoms with E-state index in [9.17, 15) is 0 Å². The summed E-state index contributed by atoms with van der Waals surface area (Å²) in [6, 6.07) is 0. The maximum Gasteiger partial charge on any atom is 0.153 e. The zero-order valence-electron chi connectivity index (χ0n) is 11.6. The number of hydrogen-bond donors (Lipinski definition) is 1. The van der Waals surface area contributed by atoms with Gasteiger partial charge in [0.25, 0.3) is 0 Å². The van der Waals surface area contributed by atoms with E-state index in [1.165, 1.54) is 0 Å². The van der Waals surface area contributed by atoms with Crippen LogP contribution in [0, 0.1) is 0 Å². The molecule has 2 heterocycles. The first-order valence-electron chi connectivity index (χ1n) is 6.89. The Morgan fingerprint density at radius 3 is 2.72 bits per heavy atom. The van der Waals surface area contributed by atoms with Crippen LogP contribution >= 0.6 is 0 Å². The van der Waals surface area contributed by atoms with Crippen molar-refractivity contribution in [2.45, 2.75) is 45.1 Å². The second-order valence-electron chi connectivity index (χ2n) is 5.23. The van der Waals surface area contributed by atoms with E-state index in [2.05, 4.69) is 29.2 Å². The average Bonchev–Trinajstić information content (AvgIpc) is 2.73. The molecule has 5 heteroatoms. The summed E-state index contributed by atoms with van der Waals surface area (Å²) in [5.41, 5.74) is 0. The number of aryl methyl sites for hydroxylation is 1. The van der Waals surface area contributed by atoms with E-state index in [-0.39, 0.29) is 0 Å². The van der Waals surface area contributed by atoms with E-state index in [4.69, 9.17) is 4.74 Å². The van der Waals surface area contributed by atoms with Gasteiger partial charge in [0.1, 0.15) is 5.82 Å². The predicted octanol–water partition coefficient (Wildman–Crippen LogP) is 1.25. The molecule has 5 nitrogen and oxygen atoms in total. The first-order valence-corrected chi connectivity index (χ1v) is 6.89. The Hall–Kier alpha value is -0.940. The lowest BCUT2D eigenvalue weighted by molar-refractivity contribution is 0.0339. The Kier molecular flexibility index (Phi) is 4.72. The summed E-state index contributed by atoms with van der Waals surface area (Å²) in [5.74, 6) is 2.33. The van der Waals surface area contributed by atoms with Crippen molar-refractivity contribution in [1.82, 2.24) is 20.1 Å². The third kappa shape index (κ3) is 3.53. The van der Waals surface area contributed by atoms with Crippen LogP contribution in [0.4, 0.5) is 0 Å². The summed E-state index contributed by atoms with van der Waals surface area (Å²) in [6.45, 7) is 7.13. The number of aromatic nitrogens is 3. The molecule has 0 aromatic carbocycles. The fourth-order valence-electron chi connectivity index (χ4n) is 2.18. The summed E-state index contributed by atoms with van der Waals surface area (Å²) in [5, 5.41) is 7.76. The molecule has 0 atom stereocenters. The maximum absolute atomic E-state index is 5.89. The molecule has 1 fully saturated rings. The highest BCUT2D eigenvalue weighted by atomic mass is 16.5. The molecule has 1 aromatic heterocycles. The number of nitrogens with one attached hydrogen (secondary N) is 1. The molecule has 1 N–H and O–H groups in total. The van der Waals surface area contributed by atoms with Gasteiger partial charge in [-0.3, -0.25) is 4.68 Å². The average molecular weight is 252 g/mol. The molecule has 0 saturated carbocycles. The Bertz CT molecular complexity index is 369. The van der Waals surface area contributed by atoms with Gasteiger partial charge in [-0.05, 0) is 25.9 Å². The Morgan fingerprint density at radius 1 is 1.39 bits per heavy atom. The molecule has 0 unspecified atom stereocenters. The maximum atomic E-state index is 5.89. The highest BCUT2D eigenvalue weighted by molar-refractivity contribution is 4.97. The molecule has 2 rings (SSSR count). The molecule has 18 heavy (non-hydrogen) atoms. The van der Waals surface area contributed by atoms with Gasteiger partial charge >= 0.3 is 0 Å². The van der Waals surface area contributed by atoms with Crippen molar-refractivity contribution in [2.24, 2.45) is 7.05 Å². The molecular weight excluding hydrogens is 228 g/mol. The molecule has 1 saturated heterocycles. The van der Waals surface area contributed by atoms with Crippen LogP contribution in [0.2, 0.25) is 0 Å². The van der Waals surface area contributed by atoms with Crippen LogP contribution in [-0.2, 0) is 18.2 Å². The number of piperidine rings is 1. The first-order chi connectivity index (χ1) is 8.66. The molecule has 0 radical (unpaired) electrons. The van der Waals surface area contributed by atoms with Gasteiger partial charge in [-0.2, -0.15) is 5.10 Å². The molecule has 1 aromatic rings. The third-order valence-corrected chi connectivity index (χ3v) is 3.35. The van der Waals surface area contributed by atoms with Crippen LogP contribution in [0.3, 0.4) is 0 Å². The number of hydrogen-bond acceptors (Lipinski definition) is 4. The largest absolute Gasteiger partial charge is 0.378 e. The van der Waals surface area contributed by atoms with Crippen LogP contribution < -0.4 is 5.32 Å². The molecule has 0 bridgehead atoms. The lowest BCUT2D eigenvalue weighted by atomic mass is 10.1. The lowest BCUT2D eigenvalue weighted by Crippen LogP contribution is -2.32. The van der Waals surface area contributed by atoms with Gasteiger partial charge in [0.2, 0.25) is 0 Å². The van der Waals surface area contributed by atoms with Gasteiger partial charge in [-0.1, -0.05) is 13.8 Å². The van der Waals surface area contributed by atoms with Crippen molar-refractivity contribution in [3.05, 3.63) is 11.6 Å². The summed E-state index contributed by atoms with van der Waals surface area (Å²) < 4.78 is 7.77. The summed E-state index contributed by atoms with van der Waals surface area (Å²) >= 11 is 0. The topological polar surface area (TPSA) is 52.0 Å². The van der Waals surface area contributed by atoms with Crippen molar-refractivity contribution in [2.75, 3.05) is 19.7 Å². The second-order valence-corrected chi connectivity index (χ2v) is 5.23. The van der Waals surface area contributed by atoms with Gasteiger partial charge in [-0.15, -0.1) is 0 Å². The Labute approximate surface area is 109 Å². The fourth-order valence-corrected chi connectivity index (χ4v) is 2.18. The highest BCUT2D eigenvalue weighted by Crippen LogP contribution is 2.11.